The average Bonchev–Trinajstić information content (AvgIpc) is 3.88. The van der Waals surface area contributed by atoms with Gasteiger partial charge in [-0.2, -0.15) is 0 Å². The maximum absolute atomic E-state index is 2.48. The molecule has 0 atom stereocenters. The van der Waals surface area contributed by atoms with Gasteiger partial charge in [-0.25, -0.2) is 0 Å². The summed E-state index contributed by atoms with van der Waals surface area (Å²) in [5, 5.41) is 5.11. The van der Waals surface area contributed by atoms with Crippen LogP contribution >= 0.6 is 11.3 Å². The number of hydrogen-bond donors (Lipinski definition) is 0. The van der Waals surface area contributed by atoms with Crippen LogP contribution < -0.4 is 4.90 Å². The topological polar surface area (TPSA) is 3.24 Å². The van der Waals surface area contributed by atoms with Crippen molar-refractivity contribution in [3.05, 3.63) is 222 Å². The molecular weight excluding hydrogens is 683 g/mol. The van der Waals surface area contributed by atoms with Crippen molar-refractivity contribution < 1.29 is 0 Å². The molecule has 0 saturated heterocycles. The summed E-state index contributed by atoms with van der Waals surface area (Å²) < 4.78 is 2.66. The summed E-state index contributed by atoms with van der Waals surface area (Å²) in [6.07, 6.45) is 0. The molecule has 256 valence electrons. The van der Waals surface area contributed by atoms with Crippen LogP contribution in [0.1, 0.15) is 22.3 Å². The second kappa shape index (κ2) is 11.6. The number of nitrogens with zero attached hydrogens (tertiary/aromatic N) is 1. The van der Waals surface area contributed by atoms with E-state index < -0.39 is 5.41 Å². The minimum Gasteiger partial charge on any atom is -0.310 e. The van der Waals surface area contributed by atoms with Gasteiger partial charge in [-0.1, -0.05) is 158 Å². The molecule has 0 saturated carbocycles. The Bertz CT molecular complexity index is 3100. The maximum atomic E-state index is 2.48. The third-order valence-electron chi connectivity index (χ3n) is 12.1. The Balaban J connectivity index is 1.07. The lowest BCUT2D eigenvalue weighted by Gasteiger charge is -2.32. The third kappa shape index (κ3) is 4.29. The Morgan fingerprint density at radius 2 is 0.873 bits per heavy atom. The van der Waals surface area contributed by atoms with Gasteiger partial charge in [0, 0.05) is 37.2 Å². The highest BCUT2D eigenvalue weighted by molar-refractivity contribution is 7.26. The van der Waals surface area contributed by atoms with E-state index >= 15 is 0 Å². The summed E-state index contributed by atoms with van der Waals surface area (Å²) in [4.78, 5) is 2.44. The fourth-order valence-corrected chi connectivity index (χ4v) is 11.0. The zero-order valence-corrected chi connectivity index (χ0v) is 30.7. The van der Waals surface area contributed by atoms with Gasteiger partial charge in [-0.05, 0) is 109 Å². The number of rotatable bonds is 4. The predicted molar refractivity (Wildman–Crippen MR) is 233 cm³/mol. The van der Waals surface area contributed by atoms with E-state index in [9.17, 15) is 0 Å². The van der Waals surface area contributed by atoms with Gasteiger partial charge in [-0.15, -0.1) is 11.3 Å². The van der Waals surface area contributed by atoms with Crippen LogP contribution in [0.2, 0.25) is 0 Å². The van der Waals surface area contributed by atoms with Gasteiger partial charge >= 0.3 is 0 Å². The highest BCUT2D eigenvalue weighted by Gasteiger charge is 2.51. The van der Waals surface area contributed by atoms with E-state index in [1.165, 1.54) is 86.6 Å². The fourth-order valence-electron chi connectivity index (χ4n) is 9.75. The maximum Gasteiger partial charge on any atom is 0.0726 e. The first-order valence-corrected chi connectivity index (χ1v) is 19.8. The number of thiophene rings is 1. The van der Waals surface area contributed by atoms with Crippen LogP contribution in [0.15, 0.2) is 200 Å². The molecule has 55 heavy (non-hydrogen) atoms. The molecule has 0 radical (unpaired) electrons. The van der Waals surface area contributed by atoms with E-state index in [2.05, 4.69) is 205 Å². The summed E-state index contributed by atoms with van der Waals surface area (Å²) in [5.74, 6) is 0. The van der Waals surface area contributed by atoms with Crippen LogP contribution in [0, 0.1) is 0 Å². The first-order valence-electron chi connectivity index (χ1n) is 19.0. The molecule has 9 aromatic carbocycles. The van der Waals surface area contributed by atoms with Gasteiger partial charge in [0.1, 0.15) is 0 Å². The van der Waals surface area contributed by atoms with Crippen molar-refractivity contribution in [2.24, 2.45) is 0 Å². The van der Waals surface area contributed by atoms with Crippen LogP contribution in [0.25, 0.3) is 64.3 Å². The lowest BCUT2D eigenvalue weighted by Crippen LogP contribution is -2.26. The van der Waals surface area contributed by atoms with E-state index in [4.69, 9.17) is 0 Å². The summed E-state index contributed by atoms with van der Waals surface area (Å²) in [6, 6.07) is 74.5. The molecule has 10 aromatic rings. The highest BCUT2D eigenvalue weighted by atomic mass is 32.1. The Kier molecular flexibility index (Phi) is 6.49. The normalized spacial score (nSPS) is 13.2. The van der Waals surface area contributed by atoms with E-state index in [1.807, 2.05) is 11.3 Å². The van der Waals surface area contributed by atoms with Crippen molar-refractivity contribution in [2.75, 3.05) is 4.90 Å². The minimum absolute atomic E-state index is 0.406. The molecule has 0 bridgehead atoms. The smallest absolute Gasteiger partial charge is 0.0726 e. The van der Waals surface area contributed by atoms with Gasteiger partial charge in [-0.3, -0.25) is 0 Å². The van der Waals surface area contributed by atoms with Crippen LogP contribution in [0.3, 0.4) is 0 Å². The third-order valence-corrected chi connectivity index (χ3v) is 13.3. The van der Waals surface area contributed by atoms with E-state index in [0.29, 0.717) is 0 Å². The molecule has 1 aromatic heterocycles. The molecule has 2 aliphatic carbocycles. The van der Waals surface area contributed by atoms with Crippen LogP contribution in [0.5, 0.6) is 0 Å². The SMILES string of the molecule is c1ccc2c(c1)-c1ccccc1C21c2ccccc2-c2ccc(N(c3ccc(-c4cccc5c4sc4ccccc45)cc3)c3ccc4ccccc4c3)cc21. The van der Waals surface area contributed by atoms with Crippen molar-refractivity contribution in [3.8, 4) is 33.4 Å². The Hall–Kier alpha value is -6.74. The van der Waals surface area contributed by atoms with Crippen LogP contribution in [-0.2, 0) is 5.41 Å². The lowest BCUT2D eigenvalue weighted by molar-refractivity contribution is 0.793. The lowest BCUT2D eigenvalue weighted by atomic mass is 9.70. The molecule has 0 amide bonds. The predicted octanol–water partition coefficient (Wildman–Crippen LogP) is 14.7. The van der Waals surface area contributed by atoms with Gasteiger partial charge in [0.2, 0.25) is 0 Å². The van der Waals surface area contributed by atoms with Gasteiger partial charge in [0.25, 0.3) is 0 Å². The summed E-state index contributed by atoms with van der Waals surface area (Å²) in [5.41, 5.74) is 16.2. The fraction of sp³-hybridized carbons (Fsp3) is 0.0189. The molecule has 1 nitrogen and oxygen atoms in total. The molecule has 12 rings (SSSR count). The standard InChI is InChI=1S/C53H33NS/c1-2-13-36-32-38(29-24-34(36)12-1)54(37-27-25-35(26-28-37)40-18-11-19-46-45-17-6-10-23-51(45)55-52(40)46)39-30-31-44-43-16-5-9-22-49(43)53(50(44)33-39)47-20-7-3-14-41(47)42-15-4-8-21-48(42)53/h1-33H. The zero-order valence-electron chi connectivity index (χ0n) is 29.9. The Labute approximate surface area is 324 Å². The van der Waals surface area contributed by atoms with Crippen LogP contribution in [-0.4, -0.2) is 0 Å². The van der Waals surface area contributed by atoms with Crippen molar-refractivity contribution in [1.82, 2.24) is 0 Å². The first kappa shape index (κ1) is 30.7. The second-order valence-electron chi connectivity index (χ2n) is 14.8. The molecule has 0 fully saturated rings. The van der Waals surface area contributed by atoms with Gasteiger partial charge in [0.05, 0.1) is 5.41 Å². The minimum atomic E-state index is -0.406. The molecule has 0 N–H and O–H groups in total. The highest BCUT2D eigenvalue weighted by Crippen LogP contribution is 2.63. The molecule has 1 spiro atoms. The quantitative estimate of drug-likeness (QED) is 0.175. The summed E-state index contributed by atoms with van der Waals surface area (Å²) >= 11 is 1.88. The zero-order chi connectivity index (χ0) is 36.1. The number of hydrogen-bond acceptors (Lipinski definition) is 2. The summed E-state index contributed by atoms with van der Waals surface area (Å²) in [7, 11) is 0. The first-order chi connectivity index (χ1) is 27.3. The van der Waals surface area contributed by atoms with Crippen LogP contribution in [0.4, 0.5) is 17.1 Å². The molecule has 2 aliphatic rings. The largest absolute Gasteiger partial charge is 0.310 e. The van der Waals surface area contributed by atoms with E-state index in [1.54, 1.807) is 0 Å². The second-order valence-corrected chi connectivity index (χ2v) is 15.9. The van der Waals surface area contributed by atoms with Gasteiger partial charge in [0.15, 0.2) is 0 Å². The summed E-state index contributed by atoms with van der Waals surface area (Å²) in [6.45, 7) is 0. The number of fused-ring (bicyclic) bond motifs is 14. The average molecular weight is 716 g/mol. The molecular formula is C53H33NS. The van der Waals surface area contributed by atoms with Crippen molar-refractivity contribution >= 4 is 59.3 Å². The Morgan fingerprint density at radius 3 is 1.60 bits per heavy atom. The van der Waals surface area contributed by atoms with Crippen molar-refractivity contribution in [2.45, 2.75) is 5.41 Å². The number of anilines is 3. The van der Waals surface area contributed by atoms with Gasteiger partial charge < -0.3 is 4.90 Å². The number of benzene rings is 9. The molecule has 2 heteroatoms. The molecule has 0 aliphatic heterocycles. The Morgan fingerprint density at radius 1 is 0.345 bits per heavy atom. The monoisotopic (exact) mass is 715 g/mol. The van der Waals surface area contributed by atoms with Crippen molar-refractivity contribution in [1.29, 1.82) is 0 Å². The van der Waals surface area contributed by atoms with Crippen molar-refractivity contribution in [3.63, 3.8) is 0 Å². The molecule has 0 unspecified atom stereocenters. The van der Waals surface area contributed by atoms with E-state index in [0.717, 1.165) is 17.1 Å². The van der Waals surface area contributed by atoms with E-state index in [-0.39, 0.29) is 0 Å². The molecule has 1 heterocycles.